The number of carbonyl (C=O) groups is 2. The predicted molar refractivity (Wildman–Crippen MR) is 129 cm³/mol. The van der Waals surface area contributed by atoms with Crippen molar-refractivity contribution >= 4 is 34.4 Å². The van der Waals surface area contributed by atoms with E-state index in [1.165, 1.54) is 37.3 Å². The van der Waals surface area contributed by atoms with Gasteiger partial charge in [0.15, 0.2) is 11.5 Å². The van der Waals surface area contributed by atoms with E-state index in [0.717, 1.165) is 0 Å². The normalized spacial score (nSPS) is 17.2. The Kier molecular flexibility index (Phi) is 5.37. The van der Waals surface area contributed by atoms with Crippen molar-refractivity contribution in [3.8, 4) is 17.2 Å². The van der Waals surface area contributed by atoms with Crippen LogP contribution in [0.5, 0.6) is 17.2 Å². The first-order valence-corrected chi connectivity index (χ1v) is 10.7. The summed E-state index contributed by atoms with van der Waals surface area (Å²) < 4.78 is 10.6. The molecule has 0 spiro atoms. The summed E-state index contributed by atoms with van der Waals surface area (Å²) in [6.07, 6.45) is 0. The molecule has 5 rings (SSSR count). The Morgan fingerprint density at radius 2 is 1.69 bits per heavy atom. The van der Waals surface area contributed by atoms with Crippen LogP contribution in [0.25, 0.3) is 16.8 Å². The van der Waals surface area contributed by atoms with Gasteiger partial charge in [-0.25, -0.2) is 4.98 Å². The zero-order valence-electron chi connectivity index (χ0n) is 18.9. The number of ether oxygens (including phenoxy) is 2. The number of aromatic nitrogens is 2. The lowest BCUT2D eigenvalue weighted by Crippen LogP contribution is -2.30. The summed E-state index contributed by atoms with van der Waals surface area (Å²) in [6.45, 7) is 0. The van der Waals surface area contributed by atoms with E-state index in [9.17, 15) is 19.8 Å². The molecule has 1 atom stereocenters. The lowest BCUT2D eigenvalue weighted by molar-refractivity contribution is -0.132. The number of carbonyl (C=O) groups excluding carboxylic acids is 2. The van der Waals surface area contributed by atoms with Crippen LogP contribution in [0.15, 0.2) is 72.3 Å². The number of methoxy groups -OCH3 is 2. The topological polar surface area (TPSA) is 125 Å². The summed E-state index contributed by atoms with van der Waals surface area (Å²) in [4.78, 5) is 35.4. The number of ketones is 1. The molecule has 1 aromatic heterocycles. The number of aromatic amines is 1. The van der Waals surface area contributed by atoms with E-state index in [0.29, 0.717) is 28.1 Å². The largest absolute Gasteiger partial charge is 0.508 e. The highest BCUT2D eigenvalue weighted by atomic mass is 16.5. The molecule has 2 heterocycles. The molecule has 3 aromatic carbocycles. The molecular formula is C26H21N3O6. The minimum atomic E-state index is -0.996. The molecule has 1 saturated heterocycles. The van der Waals surface area contributed by atoms with E-state index in [2.05, 4.69) is 9.97 Å². The molecule has 9 nitrogen and oxygen atoms in total. The van der Waals surface area contributed by atoms with Gasteiger partial charge in [-0.2, -0.15) is 0 Å². The van der Waals surface area contributed by atoms with E-state index in [-0.39, 0.29) is 28.6 Å². The van der Waals surface area contributed by atoms with Crippen molar-refractivity contribution in [1.82, 2.24) is 9.97 Å². The number of fused-ring (bicyclic) bond motifs is 1. The maximum Gasteiger partial charge on any atom is 0.302 e. The third kappa shape index (κ3) is 3.63. The molecule has 1 aliphatic rings. The number of benzene rings is 3. The fourth-order valence-corrected chi connectivity index (χ4v) is 4.22. The molecule has 1 amide bonds. The predicted octanol–water partition coefficient (Wildman–Crippen LogP) is 3.91. The van der Waals surface area contributed by atoms with Gasteiger partial charge in [-0.3, -0.25) is 14.5 Å². The number of amides is 1. The lowest BCUT2D eigenvalue weighted by atomic mass is 9.95. The molecule has 4 aromatic rings. The number of hydrogen-bond donors (Lipinski definition) is 3. The number of aliphatic hydroxyl groups excluding tert-OH is 1. The average Bonchev–Trinajstić information content (AvgIpc) is 3.42. The maximum absolute atomic E-state index is 13.3. The van der Waals surface area contributed by atoms with Crippen molar-refractivity contribution in [2.45, 2.75) is 6.04 Å². The van der Waals surface area contributed by atoms with Gasteiger partial charge in [0.05, 0.1) is 36.9 Å². The highest BCUT2D eigenvalue weighted by Gasteiger charge is 2.48. The standard InChI is InChI=1S/C26H21N3O6/c1-34-19-12-9-15(13-20(19)35-2)23(31)21-22(14-7-10-16(30)11-8-14)29(25(33)24(21)32)26-27-17-5-3-4-6-18(17)28-26/h3-13,22,30-31H,1-2H3,(H,27,28)/b23-21+. The average molecular weight is 471 g/mol. The molecule has 3 N–H and O–H groups in total. The van der Waals surface area contributed by atoms with Gasteiger partial charge < -0.3 is 24.7 Å². The molecule has 9 heteroatoms. The lowest BCUT2D eigenvalue weighted by Gasteiger charge is -2.23. The highest BCUT2D eigenvalue weighted by Crippen LogP contribution is 2.42. The Balaban J connectivity index is 1.72. The van der Waals surface area contributed by atoms with E-state index >= 15 is 0 Å². The summed E-state index contributed by atoms with van der Waals surface area (Å²) in [5.74, 6) is -1.10. The molecule has 35 heavy (non-hydrogen) atoms. The molecule has 176 valence electrons. The molecule has 1 fully saturated rings. The zero-order chi connectivity index (χ0) is 24.7. The molecule has 0 saturated carbocycles. The van der Waals surface area contributed by atoms with Gasteiger partial charge >= 0.3 is 5.91 Å². The van der Waals surface area contributed by atoms with Crippen LogP contribution in [0.4, 0.5) is 5.95 Å². The Morgan fingerprint density at radius 3 is 2.37 bits per heavy atom. The first-order valence-electron chi connectivity index (χ1n) is 10.7. The van der Waals surface area contributed by atoms with E-state index < -0.39 is 17.7 Å². The second kappa shape index (κ2) is 8.53. The molecule has 1 unspecified atom stereocenters. The number of hydrogen-bond acceptors (Lipinski definition) is 7. The number of anilines is 1. The van der Waals surface area contributed by atoms with Crippen LogP contribution in [0.2, 0.25) is 0 Å². The summed E-state index contributed by atoms with van der Waals surface area (Å²) in [5, 5.41) is 21.1. The number of aromatic hydroxyl groups is 1. The van der Waals surface area contributed by atoms with Crippen LogP contribution in [0, 0.1) is 0 Å². The number of Topliss-reactive ketones (excluding diaryl/α,β-unsaturated/α-hetero) is 1. The third-order valence-corrected chi connectivity index (χ3v) is 5.92. The monoisotopic (exact) mass is 471 g/mol. The first-order chi connectivity index (χ1) is 16.9. The Morgan fingerprint density at radius 1 is 0.971 bits per heavy atom. The minimum Gasteiger partial charge on any atom is -0.508 e. The van der Waals surface area contributed by atoms with E-state index in [1.807, 2.05) is 18.2 Å². The number of H-pyrrole nitrogens is 1. The number of nitrogens with one attached hydrogen (secondary N) is 1. The zero-order valence-corrected chi connectivity index (χ0v) is 18.9. The van der Waals surface area contributed by atoms with Crippen LogP contribution in [-0.4, -0.2) is 46.1 Å². The number of para-hydroxylation sites is 2. The van der Waals surface area contributed by atoms with Crippen molar-refractivity contribution in [3.05, 3.63) is 83.4 Å². The summed E-state index contributed by atoms with van der Waals surface area (Å²) in [7, 11) is 2.94. The second-order valence-corrected chi connectivity index (χ2v) is 7.91. The van der Waals surface area contributed by atoms with Gasteiger partial charge in [0.1, 0.15) is 11.5 Å². The Labute approximate surface area is 199 Å². The number of imidazole rings is 1. The van der Waals surface area contributed by atoms with Gasteiger partial charge in [0, 0.05) is 5.56 Å². The SMILES string of the molecule is COc1ccc(/C(O)=C2\C(=O)C(=O)N(c3nc4ccccc4[nH]3)C2c2ccc(O)cc2)cc1OC. The van der Waals surface area contributed by atoms with Crippen LogP contribution < -0.4 is 14.4 Å². The number of phenols is 1. The third-order valence-electron chi connectivity index (χ3n) is 5.92. The van der Waals surface area contributed by atoms with Gasteiger partial charge in [-0.05, 0) is 48.0 Å². The number of rotatable bonds is 5. The van der Waals surface area contributed by atoms with Gasteiger partial charge in [0.2, 0.25) is 5.95 Å². The Bertz CT molecular complexity index is 1460. The molecule has 1 aliphatic heterocycles. The minimum absolute atomic E-state index is 0.0225. The van der Waals surface area contributed by atoms with Crippen LogP contribution in [-0.2, 0) is 9.59 Å². The smallest absolute Gasteiger partial charge is 0.302 e. The summed E-state index contributed by atoms with van der Waals surface area (Å²) >= 11 is 0. The fraction of sp³-hybridized carbons (Fsp3) is 0.115. The second-order valence-electron chi connectivity index (χ2n) is 7.91. The first kappa shape index (κ1) is 22.0. The van der Waals surface area contributed by atoms with E-state index in [1.54, 1.807) is 30.3 Å². The number of phenolic OH excluding ortho intramolecular Hbond substituents is 1. The van der Waals surface area contributed by atoms with E-state index in [4.69, 9.17) is 9.47 Å². The van der Waals surface area contributed by atoms with Gasteiger partial charge in [-0.1, -0.05) is 24.3 Å². The summed E-state index contributed by atoms with van der Waals surface area (Å²) in [6, 6.07) is 17.0. The van der Waals surface area contributed by atoms with Crippen LogP contribution in [0.1, 0.15) is 17.2 Å². The molecule has 0 aliphatic carbocycles. The fourth-order valence-electron chi connectivity index (χ4n) is 4.22. The van der Waals surface area contributed by atoms with Crippen molar-refractivity contribution in [2.75, 3.05) is 19.1 Å². The maximum atomic E-state index is 13.3. The quantitative estimate of drug-likeness (QED) is 0.229. The van der Waals surface area contributed by atoms with Crippen molar-refractivity contribution in [1.29, 1.82) is 0 Å². The van der Waals surface area contributed by atoms with Gasteiger partial charge in [0.25, 0.3) is 5.78 Å². The molecular weight excluding hydrogens is 450 g/mol. The molecule has 0 bridgehead atoms. The Hall–Kier alpha value is -4.79. The number of aliphatic hydroxyl groups is 1. The highest BCUT2D eigenvalue weighted by molar-refractivity contribution is 6.51. The summed E-state index contributed by atoms with van der Waals surface area (Å²) in [5.41, 5.74) is 1.97. The van der Waals surface area contributed by atoms with Gasteiger partial charge in [-0.15, -0.1) is 0 Å². The van der Waals surface area contributed by atoms with Crippen molar-refractivity contribution < 1.29 is 29.3 Å². The van der Waals surface area contributed by atoms with Crippen molar-refractivity contribution in [2.24, 2.45) is 0 Å². The molecule has 0 radical (unpaired) electrons. The van der Waals surface area contributed by atoms with Crippen LogP contribution >= 0.6 is 0 Å². The van der Waals surface area contributed by atoms with Crippen LogP contribution in [0.3, 0.4) is 0 Å². The number of nitrogens with zero attached hydrogens (tertiary/aromatic N) is 2. The van der Waals surface area contributed by atoms with Crippen molar-refractivity contribution in [3.63, 3.8) is 0 Å².